The van der Waals surface area contributed by atoms with Crippen molar-refractivity contribution < 1.29 is 8.42 Å². The highest BCUT2D eigenvalue weighted by Crippen LogP contribution is 2.16. The molecule has 0 atom stereocenters. The van der Waals surface area contributed by atoms with Crippen molar-refractivity contribution >= 4 is 42.9 Å². The average molecular weight is 325 g/mol. The first-order chi connectivity index (χ1) is 9.58. The maximum absolute atomic E-state index is 12.0. The first-order valence-corrected chi connectivity index (χ1v) is 8.89. The molecule has 0 saturated heterocycles. The van der Waals surface area contributed by atoms with Crippen LogP contribution in [0.2, 0.25) is 0 Å². The van der Waals surface area contributed by atoms with Gasteiger partial charge in [0.25, 0.3) is 10.0 Å². The quantitative estimate of drug-likeness (QED) is 0.750. The van der Waals surface area contributed by atoms with E-state index in [1.807, 2.05) is 35.9 Å². The third kappa shape index (κ3) is 2.37. The Morgan fingerprint density at radius 1 is 1.20 bits per heavy atom. The molecule has 1 aromatic carbocycles. The van der Waals surface area contributed by atoms with Crippen molar-refractivity contribution in [2.24, 2.45) is 12.1 Å². The van der Waals surface area contributed by atoms with Crippen LogP contribution in [0.4, 0.5) is 0 Å². The topological polar surface area (TPSA) is 63.5 Å². The van der Waals surface area contributed by atoms with E-state index in [4.69, 9.17) is 0 Å². The summed E-state index contributed by atoms with van der Waals surface area (Å²) in [6.45, 7) is 0. The van der Waals surface area contributed by atoms with Gasteiger partial charge in [-0.05, 0) is 23.6 Å². The molecule has 1 N–H and O–H groups in total. The number of hydrogen-bond acceptors (Lipinski definition) is 5. The average Bonchev–Trinajstić information content (AvgIpc) is 3.06. The van der Waals surface area contributed by atoms with Gasteiger partial charge in [0, 0.05) is 7.05 Å². The van der Waals surface area contributed by atoms with Crippen LogP contribution in [0.25, 0.3) is 10.2 Å². The predicted molar refractivity (Wildman–Crippen MR) is 81.0 cm³/mol. The van der Waals surface area contributed by atoms with E-state index < -0.39 is 10.0 Å². The van der Waals surface area contributed by atoms with Gasteiger partial charge < -0.3 is 4.57 Å². The number of nitrogens with one attached hydrogen (secondary N) is 1. The molecule has 0 unspecified atom stereocenters. The molecule has 0 aliphatic rings. The molecule has 0 bridgehead atoms. The molecule has 20 heavy (non-hydrogen) atoms. The third-order valence-corrected chi connectivity index (χ3v) is 6.46. The summed E-state index contributed by atoms with van der Waals surface area (Å²) in [6, 6.07) is 11.1. The normalized spacial score (nSPS) is 12.9. The number of rotatable bonds is 3. The summed E-state index contributed by atoms with van der Waals surface area (Å²) in [5.41, 5.74) is 1.02. The minimum Gasteiger partial charge on any atom is -0.318 e. The van der Waals surface area contributed by atoms with Crippen molar-refractivity contribution in [1.29, 1.82) is 0 Å². The molecule has 0 saturated carbocycles. The summed E-state index contributed by atoms with van der Waals surface area (Å²) in [6.07, 6.45) is 0. The molecule has 8 heteroatoms. The predicted octanol–water partition coefficient (Wildman–Crippen LogP) is 2.10. The van der Waals surface area contributed by atoms with Crippen LogP contribution in [0, 0.1) is 0 Å². The van der Waals surface area contributed by atoms with E-state index in [2.05, 4.69) is 9.93 Å². The van der Waals surface area contributed by atoms with Gasteiger partial charge in [0.2, 0.25) is 4.80 Å². The van der Waals surface area contributed by atoms with E-state index in [9.17, 15) is 8.42 Å². The molecular weight excluding hydrogens is 314 g/mol. The lowest BCUT2D eigenvalue weighted by atomic mass is 10.3. The molecule has 2 heterocycles. The summed E-state index contributed by atoms with van der Waals surface area (Å²) in [7, 11) is -1.72. The number of thiazole rings is 1. The number of fused-ring (bicyclic) bond motifs is 1. The summed E-state index contributed by atoms with van der Waals surface area (Å²) in [5, 5.41) is 5.74. The van der Waals surface area contributed by atoms with Crippen LogP contribution in [0.3, 0.4) is 0 Å². The Balaban J connectivity index is 2.02. The monoisotopic (exact) mass is 325 g/mol. The van der Waals surface area contributed by atoms with E-state index >= 15 is 0 Å². The summed E-state index contributed by atoms with van der Waals surface area (Å²) in [4.78, 5) is 2.88. The molecule has 0 radical (unpaired) electrons. The smallest absolute Gasteiger partial charge is 0.286 e. The fourth-order valence-electron chi connectivity index (χ4n) is 1.75. The van der Waals surface area contributed by atoms with Crippen LogP contribution in [0.15, 0.2) is 51.1 Å². The lowest BCUT2D eigenvalue weighted by molar-refractivity contribution is 0.584. The summed E-state index contributed by atoms with van der Waals surface area (Å²) >= 11 is 2.59. The van der Waals surface area contributed by atoms with E-state index in [0.717, 1.165) is 21.6 Å². The fourth-order valence-corrected chi connectivity index (χ4v) is 4.57. The highest BCUT2D eigenvalue weighted by Gasteiger charge is 2.13. The number of thiophene rings is 1. The zero-order chi connectivity index (χ0) is 14.2. The van der Waals surface area contributed by atoms with Gasteiger partial charge in [0.05, 0.1) is 10.2 Å². The standard InChI is InChI=1S/C12H11N3O2S3/c1-15-9-5-2-3-6-10(9)19-12(15)13-14-20(16,17)11-7-4-8-18-11/h2-8,14H,1H3/b13-12-. The van der Waals surface area contributed by atoms with Crippen molar-refractivity contribution in [3.63, 3.8) is 0 Å². The maximum Gasteiger partial charge on any atom is 0.286 e. The zero-order valence-corrected chi connectivity index (χ0v) is 12.9. The molecule has 0 amide bonds. The van der Waals surface area contributed by atoms with E-state index in [0.29, 0.717) is 4.80 Å². The van der Waals surface area contributed by atoms with Gasteiger partial charge in [-0.3, -0.25) is 0 Å². The minimum absolute atomic E-state index is 0.255. The molecular formula is C12H11N3O2S3. The van der Waals surface area contributed by atoms with Crippen LogP contribution in [-0.4, -0.2) is 13.0 Å². The van der Waals surface area contributed by atoms with Crippen LogP contribution < -0.4 is 9.63 Å². The summed E-state index contributed by atoms with van der Waals surface area (Å²) < 4.78 is 27.2. The van der Waals surface area contributed by atoms with Gasteiger partial charge in [0.1, 0.15) is 4.21 Å². The fraction of sp³-hybridized carbons (Fsp3) is 0.0833. The molecule has 0 aliphatic carbocycles. The van der Waals surface area contributed by atoms with Crippen molar-refractivity contribution in [1.82, 2.24) is 9.40 Å². The van der Waals surface area contributed by atoms with Gasteiger partial charge in [-0.2, -0.15) is 13.2 Å². The third-order valence-electron chi connectivity index (χ3n) is 2.74. The Kier molecular flexibility index (Phi) is 3.36. The Hall–Kier alpha value is -1.64. The number of aryl methyl sites for hydroxylation is 1. The minimum atomic E-state index is -3.57. The van der Waals surface area contributed by atoms with Crippen LogP contribution in [-0.2, 0) is 17.1 Å². The molecule has 2 aromatic heterocycles. The Bertz CT molecular complexity index is 905. The van der Waals surface area contributed by atoms with Crippen LogP contribution in [0.1, 0.15) is 0 Å². The highest BCUT2D eigenvalue weighted by molar-refractivity contribution is 7.91. The second-order valence-electron chi connectivity index (χ2n) is 4.05. The Morgan fingerprint density at radius 2 is 2.00 bits per heavy atom. The Labute approximate surface area is 123 Å². The number of benzene rings is 1. The van der Waals surface area contributed by atoms with Gasteiger partial charge in [0.15, 0.2) is 0 Å². The van der Waals surface area contributed by atoms with Gasteiger partial charge in [-0.15, -0.1) is 16.4 Å². The number of sulfonamides is 1. The summed E-state index contributed by atoms with van der Waals surface area (Å²) in [5.74, 6) is 0. The first kappa shape index (κ1) is 13.3. The lowest BCUT2D eigenvalue weighted by Crippen LogP contribution is -2.22. The highest BCUT2D eigenvalue weighted by atomic mass is 32.2. The zero-order valence-electron chi connectivity index (χ0n) is 10.5. The second-order valence-corrected chi connectivity index (χ2v) is 7.89. The van der Waals surface area contributed by atoms with Gasteiger partial charge >= 0.3 is 0 Å². The molecule has 0 fully saturated rings. The molecule has 3 rings (SSSR count). The molecule has 104 valence electrons. The van der Waals surface area contributed by atoms with Gasteiger partial charge in [-0.25, -0.2) is 0 Å². The number of nitrogens with zero attached hydrogens (tertiary/aromatic N) is 2. The van der Waals surface area contributed by atoms with E-state index in [-0.39, 0.29) is 4.21 Å². The SMILES string of the molecule is Cn1/c(=N/NS(=O)(=O)c2cccs2)sc2ccccc21. The van der Waals surface area contributed by atoms with E-state index in [1.165, 1.54) is 11.3 Å². The van der Waals surface area contributed by atoms with Gasteiger partial charge in [-0.1, -0.05) is 29.5 Å². The number of para-hydroxylation sites is 1. The molecule has 0 aliphatic heterocycles. The van der Waals surface area contributed by atoms with E-state index in [1.54, 1.807) is 17.5 Å². The second kappa shape index (κ2) is 5.04. The van der Waals surface area contributed by atoms with Crippen molar-refractivity contribution in [2.45, 2.75) is 4.21 Å². The first-order valence-electron chi connectivity index (χ1n) is 5.71. The maximum atomic E-state index is 12.0. The number of aromatic nitrogens is 1. The number of hydrogen-bond donors (Lipinski definition) is 1. The van der Waals surface area contributed by atoms with Crippen molar-refractivity contribution in [3.8, 4) is 0 Å². The molecule has 3 aromatic rings. The molecule has 5 nitrogen and oxygen atoms in total. The molecule has 0 spiro atoms. The lowest BCUT2D eigenvalue weighted by Gasteiger charge is -1.99. The Morgan fingerprint density at radius 3 is 2.70 bits per heavy atom. The largest absolute Gasteiger partial charge is 0.318 e. The van der Waals surface area contributed by atoms with Crippen LogP contribution >= 0.6 is 22.7 Å². The van der Waals surface area contributed by atoms with Crippen molar-refractivity contribution in [3.05, 3.63) is 46.6 Å². The van der Waals surface area contributed by atoms with Crippen molar-refractivity contribution in [2.75, 3.05) is 0 Å². The van der Waals surface area contributed by atoms with Crippen LogP contribution in [0.5, 0.6) is 0 Å².